The number of hydrogen-bond acceptors (Lipinski definition) is 9. The molecule has 182 valence electrons. The number of benzene rings is 2. The van der Waals surface area contributed by atoms with Crippen LogP contribution in [-0.4, -0.2) is 58.2 Å². The van der Waals surface area contributed by atoms with Crippen molar-refractivity contribution in [1.29, 1.82) is 0 Å². The number of esters is 1. The predicted molar refractivity (Wildman–Crippen MR) is 119 cm³/mol. The molecule has 0 bridgehead atoms. The second kappa shape index (κ2) is 11.0. The van der Waals surface area contributed by atoms with Gasteiger partial charge in [-0.15, -0.1) is 0 Å². The molecule has 34 heavy (non-hydrogen) atoms. The van der Waals surface area contributed by atoms with Crippen LogP contribution in [0.4, 0.5) is 11.4 Å². The van der Waals surface area contributed by atoms with E-state index in [9.17, 15) is 28.1 Å². The number of anilines is 1. The Kier molecular flexibility index (Phi) is 8.15. The van der Waals surface area contributed by atoms with Crippen LogP contribution in [0, 0.1) is 10.1 Å². The first kappa shape index (κ1) is 25.1. The topological polar surface area (TPSA) is 163 Å². The zero-order valence-corrected chi connectivity index (χ0v) is 19.0. The minimum Gasteiger partial charge on any atom is -0.494 e. The minimum absolute atomic E-state index is 0.0231. The van der Waals surface area contributed by atoms with E-state index in [4.69, 9.17) is 14.2 Å². The summed E-state index contributed by atoms with van der Waals surface area (Å²) in [5.41, 5.74) is 0.00631. The van der Waals surface area contributed by atoms with Crippen molar-refractivity contribution >= 4 is 33.3 Å². The fourth-order valence-corrected chi connectivity index (χ4v) is 4.23. The monoisotopic (exact) mass is 493 g/mol. The maximum absolute atomic E-state index is 12.4. The van der Waals surface area contributed by atoms with Crippen LogP contribution in [0.15, 0.2) is 47.4 Å². The molecule has 0 aromatic heterocycles. The van der Waals surface area contributed by atoms with Gasteiger partial charge in [-0.25, -0.2) is 17.9 Å². The van der Waals surface area contributed by atoms with Crippen LogP contribution in [0.5, 0.6) is 5.75 Å². The van der Waals surface area contributed by atoms with Crippen LogP contribution < -0.4 is 14.8 Å². The Morgan fingerprint density at radius 1 is 1.21 bits per heavy atom. The number of carbonyl (C=O) groups excluding carboxylic acids is 2. The first-order valence-corrected chi connectivity index (χ1v) is 11.7. The van der Waals surface area contributed by atoms with Crippen LogP contribution in [0.25, 0.3) is 0 Å². The van der Waals surface area contributed by atoms with Gasteiger partial charge in [0, 0.05) is 19.2 Å². The second-order valence-corrected chi connectivity index (χ2v) is 9.04. The Morgan fingerprint density at radius 3 is 2.56 bits per heavy atom. The maximum atomic E-state index is 12.4. The van der Waals surface area contributed by atoms with Gasteiger partial charge in [-0.05, 0) is 43.2 Å². The number of amides is 1. The standard InChI is InChI=1S/C21H23N3O9S/c1-31-19-11-15(24(27)28)6-9-18(19)23-20(25)13-33-21(26)14-4-7-17(8-5-14)34(29,30)22-12-16-3-2-10-32-16/h4-9,11,16,22H,2-3,10,12-13H2,1H3,(H,23,25). The van der Waals surface area contributed by atoms with Gasteiger partial charge in [0.25, 0.3) is 11.6 Å². The molecular formula is C21H23N3O9S. The molecule has 3 rings (SSSR count). The zero-order valence-electron chi connectivity index (χ0n) is 18.2. The quantitative estimate of drug-likeness (QED) is 0.286. The van der Waals surface area contributed by atoms with Gasteiger partial charge in [0.05, 0.1) is 40.3 Å². The molecule has 0 radical (unpaired) electrons. The summed E-state index contributed by atoms with van der Waals surface area (Å²) in [6.07, 6.45) is 1.53. The fourth-order valence-electron chi connectivity index (χ4n) is 3.16. The third kappa shape index (κ3) is 6.50. The molecule has 2 N–H and O–H groups in total. The Bertz CT molecular complexity index is 1160. The number of sulfonamides is 1. The molecule has 1 fully saturated rings. The van der Waals surface area contributed by atoms with Crippen LogP contribution in [-0.2, 0) is 24.3 Å². The van der Waals surface area contributed by atoms with Gasteiger partial charge in [0.15, 0.2) is 6.61 Å². The first-order chi connectivity index (χ1) is 16.2. The smallest absolute Gasteiger partial charge is 0.338 e. The molecule has 13 heteroatoms. The Balaban J connectivity index is 1.53. The predicted octanol–water partition coefficient (Wildman–Crippen LogP) is 1.86. The summed E-state index contributed by atoms with van der Waals surface area (Å²) in [5, 5.41) is 13.3. The van der Waals surface area contributed by atoms with Gasteiger partial charge in [0.2, 0.25) is 10.0 Å². The number of hydrogen-bond donors (Lipinski definition) is 2. The van der Waals surface area contributed by atoms with E-state index >= 15 is 0 Å². The second-order valence-electron chi connectivity index (χ2n) is 7.28. The molecule has 2 aromatic rings. The lowest BCUT2D eigenvalue weighted by Gasteiger charge is -2.12. The number of nitro benzene ring substituents is 1. The lowest BCUT2D eigenvalue weighted by Crippen LogP contribution is -2.31. The molecule has 12 nitrogen and oxygen atoms in total. The zero-order chi connectivity index (χ0) is 24.7. The van der Waals surface area contributed by atoms with Gasteiger partial charge < -0.3 is 19.5 Å². The highest BCUT2D eigenvalue weighted by Crippen LogP contribution is 2.28. The van der Waals surface area contributed by atoms with Gasteiger partial charge in [0.1, 0.15) is 5.75 Å². The highest BCUT2D eigenvalue weighted by atomic mass is 32.2. The summed E-state index contributed by atoms with van der Waals surface area (Å²) in [7, 11) is -2.48. The Morgan fingerprint density at radius 2 is 1.94 bits per heavy atom. The van der Waals surface area contributed by atoms with Crippen molar-refractivity contribution in [3.63, 3.8) is 0 Å². The van der Waals surface area contributed by atoms with Crippen LogP contribution in [0.1, 0.15) is 23.2 Å². The number of carbonyl (C=O) groups is 2. The van der Waals surface area contributed by atoms with Gasteiger partial charge in [-0.2, -0.15) is 0 Å². The lowest BCUT2D eigenvalue weighted by atomic mass is 10.2. The molecule has 1 unspecified atom stereocenters. The molecule has 1 atom stereocenters. The largest absolute Gasteiger partial charge is 0.494 e. The lowest BCUT2D eigenvalue weighted by molar-refractivity contribution is -0.384. The van der Waals surface area contributed by atoms with E-state index in [2.05, 4.69) is 10.0 Å². The summed E-state index contributed by atoms with van der Waals surface area (Å²) in [4.78, 5) is 34.6. The van der Waals surface area contributed by atoms with E-state index in [0.29, 0.717) is 6.61 Å². The normalized spacial score (nSPS) is 15.5. The summed E-state index contributed by atoms with van der Waals surface area (Å²) < 4.78 is 42.6. The number of nitrogens with one attached hydrogen (secondary N) is 2. The van der Waals surface area contributed by atoms with Crippen molar-refractivity contribution in [1.82, 2.24) is 4.72 Å². The van der Waals surface area contributed by atoms with Crippen molar-refractivity contribution in [2.45, 2.75) is 23.8 Å². The number of non-ortho nitro benzene ring substituents is 1. The van der Waals surface area contributed by atoms with E-state index in [0.717, 1.165) is 18.9 Å². The Labute approximate surface area is 195 Å². The molecule has 0 saturated carbocycles. The third-order valence-corrected chi connectivity index (χ3v) is 6.37. The van der Waals surface area contributed by atoms with Crippen LogP contribution >= 0.6 is 0 Å². The fraction of sp³-hybridized carbons (Fsp3) is 0.333. The molecule has 1 heterocycles. The van der Waals surface area contributed by atoms with E-state index < -0.39 is 33.4 Å². The molecule has 1 aliphatic rings. The summed E-state index contributed by atoms with van der Waals surface area (Å²) in [6.45, 7) is 0.144. The molecule has 2 aromatic carbocycles. The van der Waals surface area contributed by atoms with Crippen LogP contribution in [0.2, 0.25) is 0 Å². The SMILES string of the molecule is COc1cc([N+](=O)[O-])ccc1NC(=O)COC(=O)c1ccc(S(=O)(=O)NCC2CCCO2)cc1. The van der Waals surface area contributed by atoms with Crippen molar-refractivity contribution in [3.8, 4) is 5.75 Å². The van der Waals surface area contributed by atoms with Gasteiger partial charge in [-0.1, -0.05) is 0 Å². The average molecular weight is 493 g/mol. The Hall–Kier alpha value is -3.55. The molecule has 1 aliphatic heterocycles. The summed E-state index contributed by atoms with van der Waals surface area (Å²) in [5.74, 6) is -1.46. The number of nitro groups is 1. The number of ether oxygens (including phenoxy) is 3. The molecule has 0 spiro atoms. The molecular weight excluding hydrogens is 470 g/mol. The van der Waals surface area contributed by atoms with Crippen molar-refractivity contribution in [2.75, 3.05) is 32.2 Å². The van der Waals surface area contributed by atoms with Crippen molar-refractivity contribution in [3.05, 3.63) is 58.1 Å². The summed E-state index contributed by atoms with van der Waals surface area (Å²) >= 11 is 0. The van der Waals surface area contributed by atoms with E-state index in [1.54, 1.807) is 0 Å². The maximum Gasteiger partial charge on any atom is 0.338 e. The summed E-state index contributed by atoms with van der Waals surface area (Å²) in [6, 6.07) is 8.71. The van der Waals surface area contributed by atoms with Gasteiger partial charge >= 0.3 is 5.97 Å². The van der Waals surface area contributed by atoms with E-state index in [1.165, 1.54) is 43.5 Å². The van der Waals surface area contributed by atoms with Gasteiger partial charge in [-0.3, -0.25) is 14.9 Å². The van der Waals surface area contributed by atoms with Crippen molar-refractivity contribution < 1.29 is 37.1 Å². The third-order valence-electron chi connectivity index (χ3n) is 4.93. The highest BCUT2D eigenvalue weighted by molar-refractivity contribution is 7.89. The molecule has 0 aliphatic carbocycles. The van der Waals surface area contributed by atoms with Crippen LogP contribution in [0.3, 0.4) is 0 Å². The number of nitrogens with zero attached hydrogens (tertiary/aromatic N) is 1. The highest BCUT2D eigenvalue weighted by Gasteiger charge is 2.21. The number of rotatable bonds is 10. The molecule has 1 saturated heterocycles. The average Bonchev–Trinajstić information content (AvgIpc) is 3.35. The number of methoxy groups -OCH3 is 1. The van der Waals surface area contributed by atoms with E-state index in [1.807, 2.05) is 0 Å². The minimum atomic E-state index is -3.77. The molecule has 1 amide bonds. The van der Waals surface area contributed by atoms with Crippen molar-refractivity contribution in [2.24, 2.45) is 0 Å². The van der Waals surface area contributed by atoms with E-state index in [-0.39, 0.29) is 40.2 Å². The first-order valence-electron chi connectivity index (χ1n) is 10.2.